The molecule has 0 saturated heterocycles. The van der Waals surface area contributed by atoms with Crippen LogP contribution in [-0.4, -0.2) is 38.2 Å². The molecule has 0 heterocycles. The fourth-order valence-corrected chi connectivity index (χ4v) is 2.38. The van der Waals surface area contributed by atoms with Crippen LogP contribution in [0.1, 0.15) is 32.8 Å². The lowest BCUT2D eigenvalue weighted by Crippen LogP contribution is -2.40. The molecule has 0 amide bonds. The van der Waals surface area contributed by atoms with Crippen LogP contribution < -0.4 is 10.1 Å². The number of rotatable bonds is 9. The molecule has 0 radical (unpaired) electrons. The number of benzene rings is 1. The minimum absolute atomic E-state index is 0.554. The van der Waals surface area contributed by atoms with E-state index in [1.54, 1.807) is 7.11 Å². The Morgan fingerprint density at radius 1 is 1.20 bits per heavy atom. The first-order chi connectivity index (χ1) is 9.58. The molecule has 0 aliphatic heterocycles. The summed E-state index contributed by atoms with van der Waals surface area (Å²) in [6.07, 6.45) is 1.15. The minimum Gasteiger partial charge on any atom is -0.496 e. The second-order valence-corrected chi connectivity index (χ2v) is 5.84. The quantitative estimate of drug-likeness (QED) is 0.751. The van der Waals surface area contributed by atoms with Crippen LogP contribution in [0, 0.1) is 5.92 Å². The first-order valence-corrected chi connectivity index (χ1v) is 7.61. The lowest BCUT2D eigenvalue weighted by Gasteiger charge is -2.28. The van der Waals surface area contributed by atoms with Crippen LogP contribution in [0.2, 0.25) is 0 Å². The second-order valence-electron chi connectivity index (χ2n) is 5.84. The highest BCUT2D eigenvalue weighted by Gasteiger charge is 2.14. The van der Waals surface area contributed by atoms with Gasteiger partial charge < -0.3 is 10.1 Å². The van der Waals surface area contributed by atoms with Gasteiger partial charge in [-0.2, -0.15) is 0 Å². The molecule has 0 aliphatic carbocycles. The summed E-state index contributed by atoms with van der Waals surface area (Å²) in [6, 6.07) is 8.82. The van der Waals surface area contributed by atoms with Crippen molar-refractivity contribution in [2.24, 2.45) is 5.92 Å². The number of nitrogens with one attached hydrogen (secondary N) is 1. The number of nitrogens with zero attached hydrogens (tertiary/aromatic N) is 1. The molecule has 0 aliphatic rings. The average Bonchev–Trinajstić information content (AvgIpc) is 2.43. The van der Waals surface area contributed by atoms with Crippen LogP contribution in [-0.2, 0) is 6.54 Å². The molecule has 3 heteroatoms. The molecule has 0 saturated carbocycles. The lowest BCUT2D eigenvalue weighted by molar-refractivity contribution is 0.217. The van der Waals surface area contributed by atoms with Crippen molar-refractivity contribution in [3.63, 3.8) is 0 Å². The van der Waals surface area contributed by atoms with Crippen molar-refractivity contribution >= 4 is 0 Å². The largest absolute Gasteiger partial charge is 0.496 e. The number of hydrogen-bond donors (Lipinski definition) is 1. The molecule has 114 valence electrons. The Bertz CT molecular complexity index is 379. The van der Waals surface area contributed by atoms with Crippen molar-refractivity contribution < 1.29 is 4.74 Å². The molecule has 1 N–H and O–H groups in total. The lowest BCUT2D eigenvalue weighted by atomic mass is 10.1. The smallest absolute Gasteiger partial charge is 0.123 e. The third kappa shape index (κ3) is 5.51. The van der Waals surface area contributed by atoms with Crippen LogP contribution >= 0.6 is 0 Å². The summed E-state index contributed by atoms with van der Waals surface area (Å²) in [5, 5.41) is 3.56. The Labute approximate surface area is 124 Å². The Morgan fingerprint density at radius 3 is 2.50 bits per heavy atom. The van der Waals surface area contributed by atoms with Crippen LogP contribution in [0.25, 0.3) is 0 Å². The van der Waals surface area contributed by atoms with Crippen LogP contribution in [0.4, 0.5) is 0 Å². The molecule has 1 rings (SSSR count). The van der Waals surface area contributed by atoms with Gasteiger partial charge in [0.05, 0.1) is 7.11 Å². The molecular formula is C17H30N2O. The van der Waals surface area contributed by atoms with Gasteiger partial charge in [0.1, 0.15) is 5.75 Å². The second kappa shape index (κ2) is 8.98. The van der Waals surface area contributed by atoms with Crippen molar-refractivity contribution in [1.29, 1.82) is 0 Å². The SMILES string of the molecule is CCC(CNCC(C)C)N(C)Cc1ccccc1OC. The molecule has 1 aromatic carbocycles. The van der Waals surface area contributed by atoms with Gasteiger partial charge in [-0.05, 0) is 32.0 Å². The summed E-state index contributed by atoms with van der Waals surface area (Å²) in [5.74, 6) is 1.68. The van der Waals surface area contributed by atoms with Gasteiger partial charge in [0.15, 0.2) is 0 Å². The average molecular weight is 278 g/mol. The Morgan fingerprint density at radius 2 is 1.90 bits per heavy atom. The number of para-hydroxylation sites is 1. The Kier molecular flexibility index (Phi) is 7.63. The van der Waals surface area contributed by atoms with E-state index in [0.717, 1.165) is 31.8 Å². The minimum atomic E-state index is 0.554. The summed E-state index contributed by atoms with van der Waals surface area (Å²) in [4.78, 5) is 2.41. The van der Waals surface area contributed by atoms with Crippen molar-refractivity contribution in [2.45, 2.75) is 39.8 Å². The van der Waals surface area contributed by atoms with Gasteiger partial charge in [-0.1, -0.05) is 39.0 Å². The van der Waals surface area contributed by atoms with E-state index >= 15 is 0 Å². The van der Waals surface area contributed by atoms with Gasteiger partial charge in [-0.3, -0.25) is 4.90 Å². The van der Waals surface area contributed by atoms with E-state index in [1.807, 2.05) is 12.1 Å². The molecule has 0 fully saturated rings. The van der Waals surface area contributed by atoms with E-state index in [4.69, 9.17) is 4.74 Å². The van der Waals surface area contributed by atoms with E-state index < -0.39 is 0 Å². The summed E-state index contributed by atoms with van der Waals surface area (Å²) in [5.41, 5.74) is 1.25. The Hall–Kier alpha value is -1.06. The van der Waals surface area contributed by atoms with E-state index in [0.29, 0.717) is 12.0 Å². The number of likely N-dealkylation sites (N-methyl/N-ethyl adjacent to an activating group) is 1. The molecule has 1 aromatic rings. The number of methoxy groups -OCH3 is 1. The monoisotopic (exact) mass is 278 g/mol. The first-order valence-electron chi connectivity index (χ1n) is 7.61. The Balaban J connectivity index is 2.55. The van der Waals surface area contributed by atoms with Crippen molar-refractivity contribution in [3.8, 4) is 5.75 Å². The summed E-state index contributed by atoms with van der Waals surface area (Å²) < 4.78 is 5.43. The van der Waals surface area contributed by atoms with Gasteiger partial charge in [0.25, 0.3) is 0 Å². The maximum atomic E-state index is 5.43. The van der Waals surface area contributed by atoms with Gasteiger partial charge in [0, 0.05) is 24.7 Å². The van der Waals surface area contributed by atoms with Crippen molar-refractivity contribution in [1.82, 2.24) is 10.2 Å². The standard InChI is InChI=1S/C17H30N2O/c1-6-16(12-18-11-14(2)3)19(4)13-15-9-7-8-10-17(15)20-5/h7-10,14,16,18H,6,11-13H2,1-5H3. The predicted molar refractivity (Wildman–Crippen MR) is 86.2 cm³/mol. The molecule has 0 aromatic heterocycles. The normalized spacial score (nSPS) is 12.9. The maximum absolute atomic E-state index is 5.43. The zero-order valence-corrected chi connectivity index (χ0v) is 13.6. The van der Waals surface area contributed by atoms with Crippen LogP contribution in [0.5, 0.6) is 5.75 Å². The highest BCUT2D eigenvalue weighted by molar-refractivity contribution is 5.33. The molecule has 3 nitrogen and oxygen atoms in total. The zero-order chi connectivity index (χ0) is 15.0. The van der Waals surface area contributed by atoms with Gasteiger partial charge in [-0.15, -0.1) is 0 Å². The fourth-order valence-electron chi connectivity index (χ4n) is 2.38. The molecule has 0 bridgehead atoms. The van der Waals surface area contributed by atoms with E-state index in [-0.39, 0.29) is 0 Å². The van der Waals surface area contributed by atoms with Crippen molar-refractivity contribution in [2.75, 3.05) is 27.2 Å². The zero-order valence-electron chi connectivity index (χ0n) is 13.6. The molecular weight excluding hydrogens is 248 g/mol. The predicted octanol–water partition coefficient (Wildman–Crippen LogP) is 3.15. The first kappa shape index (κ1) is 17.0. The third-order valence-corrected chi connectivity index (χ3v) is 3.64. The highest BCUT2D eigenvalue weighted by Crippen LogP contribution is 2.19. The fraction of sp³-hybridized carbons (Fsp3) is 0.647. The molecule has 1 atom stereocenters. The van der Waals surface area contributed by atoms with E-state index in [2.05, 4.69) is 50.2 Å². The third-order valence-electron chi connectivity index (χ3n) is 3.64. The number of ether oxygens (including phenoxy) is 1. The summed E-state index contributed by atoms with van der Waals surface area (Å²) in [6.45, 7) is 9.78. The molecule has 1 unspecified atom stereocenters. The molecule has 0 spiro atoms. The number of hydrogen-bond acceptors (Lipinski definition) is 3. The maximum Gasteiger partial charge on any atom is 0.123 e. The topological polar surface area (TPSA) is 24.5 Å². The van der Waals surface area contributed by atoms with Crippen LogP contribution in [0.3, 0.4) is 0 Å². The molecule has 20 heavy (non-hydrogen) atoms. The van der Waals surface area contributed by atoms with Gasteiger partial charge in [0.2, 0.25) is 0 Å². The van der Waals surface area contributed by atoms with Crippen molar-refractivity contribution in [3.05, 3.63) is 29.8 Å². The van der Waals surface area contributed by atoms with Gasteiger partial charge >= 0.3 is 0 Å². The van der Waals surface area contributed by atoms with Gasteiger partial charge in [-0.25, -0.2) is 0 Å². The summed E-state index contributed by atoms with van der Waals surface area (Å²) in [7, 11) is 3.93. The van der Waals surface area contributed by atoms with Crippen LogP contribution in [0.15, 0.2) is 24.3 Å². The van der Waals surface area contributed by atoms with E-state index in [1.165, 1.54) is 5.56 Å². The highest BCUT2D eigenvalue weighted by atomic mass is 16.5. The summed E-state index contributed by atoms with van der Waals surface area (Å²) >= 11 is 0. The van der Waals surface area contributed by atoms with E-state index in [9.17, 15) is 0 Å².